The van der Waals surface area contributed by atoms with E-state index >= 15 is 0 Å². The van der Waals surface area contributed by atoms with Crippen LogP contribution in [0.2, 0.25) is 0 Å². The van der Waals surface area contributed by atoms with Gasteiger partial charge in [-0.05, 0) is 17.7 Å². The molecule has 5 nitrogen and oxygen atoms in total. The number of hydrogen-bond acceptors (Lipinski definition) is 4. The van der Waals surface area contributed by atoms with E-state index in [0.29, 0.717) is 16.8 Å². The number of rotatable bonds is 6. The van der Waals surface area contributed by atoms with Crippen LogP contribution in [0.1, 0.15) is 27.0 Å². The number of hydrazone groups is 1. The molecule has 142 valence electrons. The maximum atomic E-state index is 12.6. The molecule has 0 aromatic heterocycles. The van der Waals surface area contributed by atoms with Gasteiger partial charge in [-0.15, -0.1) is 0 Å². The van der Waals surface area contributed by atoms with Crippen LogP contribution >= 0.6 is 0 Å². The molecule has 0 heterocycles. The van der Waals surface area contributed by atoms with Crippen LogP contribution in [-0.4, -0.2) is 26.3 Å². The fraction of sp³-hybridized carbons (Fsp3) is 0.0909. The highest BCUT2D eigenvalue weighted by atomic mass is 32.2. The van der Waals surface area contributed by atoms with E-state index in [1.165, 1.54) is 0 Å². The maximum absolute atomic E-state index is 12.6. The Bertz CT molecular complexity index is 1050. The smallest absolute Gasteiger partial charge is 0.267 e. The van der Waals surface area contributed by atoms with Crippen molar-refractivity contribution in [1.29, 1.82) is 0 Å². The van der Waals surface area contributed by atoms with E-state index in [1.54, 1.807) is 24.3 Å². The first-order chi connectivity index (χ1) is 13.4. The molecule has 0 unspecified atom stereocenters. The van der Waals surface area contributed by atoms with Crippen LogP contribution in [0.5, 0.6) is 0 Å². The monoisotopic (exact) mass is 392 g/mol. The SMILES string of the molecule is CS(=O)(=O)Cc1cccc(C(=O)NN=C(c2ccccc2)c2ccccc2)c1. The molecule has 3 aromatic rings. The zero-order valence-corrected chi connectivity index (χ0v) is 16.2. The predicted molar refractivity (Wildman–Crippen MR) is 111 cm³/mol. The van der Waals surface area contributed by atoms with Crippen LogP contribution < -0.4 is 5.43 Å². The molecule has 0 spiro atoms. The number of benzene rings is 3. The molecule has 0 fully saturated rings. The van der Waals surface area contributed by atoms with Crippen LogP contribution in [0.25, 0.3) is 0 Å². The maximum Gasteiger partial charge on any atom is 0.271 e. The van der Waals surface area contributed by atoms with Crippen molar-refractivity contribution in [2.45, 2.75) is 5.75 Å². The van der Waals surface area contributed by atoms with Gasteiger partial charge in [-0.2, -0.15) is 5.10 Å². The van der Waals surface area contributed by atoms with Crippen molar-refractivity contribution in [2.24, 2.45) is 5.10 Å². The molecule has 28 heavy (non-hydrogen) atoms. The summed E-state index contributed by atoms with van der Waals surface area (Å²) in [6.45, 7) is 0. The van der Waals surface area contributed by atoms with Gasteiger partial charge in [-0.25, -0.2) is 13.8 Å². The molecular weight excluding hydrogens is 372 g/mol. The highest BCUT2D eigenvalue weighted by Crippen LogP contribution is 2.12. The molecule has 1 amide bonds. The topological polar surface area (TPSA) is 75.6 Å². The molecule has 3 rings (SSSR count). The minimum atomic E-state index is -3.18. The molecule has 0 aliphatic carbocycles. The largest absolute Gasteiger partial charge is 0.271 e. The second kappa shape index (κ2) is 8.63. The van der Waals surface area contributed by atoms with E-state index in [1.807, 2.05) is 60.7 Å². The Kier molecular flexibility index (Phi) is 6.01. The van der Waals surface area contributed by atoms with Crippen LogP contribution in [0.15, 0.2) is 90.0 Å². The summed E-state index contributed by atoms with van der Waals surface area (Å²) in [7, 11) is -3.18. The summed E-state index contributed by atoms with van der Waals surface area (Å²) in [5, 5.41) is 4.34. The number of carbonyl (C=O) groups excluding carboxylic acids is 1. The standard InChI is InChI=1S/C22H20N2O3S/c1-28(26,27)16-17-9-8-14-20(15-17)22(25)24-23-21(18-10-4-2-5-11-18)19-12-6-3-7-13-19/h2-15H,16H2,1H3,(H,24,25). The average Bonchev–Trinajstić information content (AvgIpc) is 2.68. The van der Waals surface area contributed by atoms with Gasteiger partial charge in [0.05, 0.1) is 11.5 Å². The van der Waals surface area contributed by atoms with Gasteiger partial charge in [0.2, 0.25) is 0 Å². The van der Waals surface area contributed by atoms with Gasteiger partial charge in [0.1, 0.15) is 0 Å². The zero-order chi connectivity index (χ0) is 20.0. The van der Waals surface area contributed by atoms with Gasteiger partial charge in [-0.1, -0.05) is 72.8 Å². The van der Waals surface area contributed by atoms with E-state index in [9.17, 15) is 13.2 Å². The Morgan fingerprint density at radius 1 is 0.821 bits per heavy atom. The lowest BCUT2D eigenvalue weighted by Gasteiger charge is -2.08. The fourth-order valence-electron chi connectivity index (χ4n) is 2.76. The first-order valence-corrected chi connectivity index (χ1v) is 10.7. The molecule has 0 bridgehead atoms. The number of nitrogens with one attached hydrogen (secondary N) is 1. The Balaban J connectivity index is 1.87. The third kappa shape index (κ3) is 5.37. The van der Waals surface area contributed by atoms with Crippen molar-refractivity contribution < 1.29 is 13.2 Å². The first kappa shape index (κ1) is 19.5. The van der Waals surface area contributed by atoms with Crippen LogP contribution in [0.3, 0.4) is 0 Å². The summed E-state index contributed by atoms with van der Waals surface area (Å²) in [6.07, 6.45) is 1.16. The number of amides is 1. The van der Waals surface area contributed by atoms with Gasteiger partial charge in [0, 0.05) is 22.9 Å². The minimum absolute atomic E-state index is 0.114. The van der Waals surface area contributed by atoms with Crippen molar-refractivity contribution in [3.8, 4) is 0 Å². The molecule has 0 saturated carbocycles. The van der Waals surface area contributed by atoms with Gasteiger partial charge in [-0.3, -0.25) is 4.79 Å². The predicted octanol–water partition coefficient (Wildman–Crippen LogP) is 3.41. The summed E-state index contributed by atoms with van der Waals surface area (Å²) in [6, 6.07) is 25.7. The highest BCUT2D eigenvalue weighted by molar-refractivity contribution is 7.89. The molecule has 0 saturated heterocycles. The third-order valence-electron chi connectivity index (χ3n) is 3.98. The number of sulfone groups is 1. The van der Waals surface area contributed by atoms with Gasteiger partial charge >= 0.3 is 0 Å². The highest BCUT2D eigenvalue weighted by Gasteiger charge is 2.11. The van der Waals surface area contributed by atoms with Crippen LogP contribution in [0, 0.1) is 0 Å². The molecule has 3 aromatic carbocycles. The fourth-order valence-corrected chi connectivity index (χ4v) is 3.55. The Hall–Kier alpha value is -3.25. The van der Waals surface area contributed by atoms with E-state index < -0.39 is 15.7 Å². The lowest BCUT2D eigenvalue weighted by atomic mass is 10.0. The zero-order valence-electron chi connectivity index (χ0n) is 15.4. The summed E-state index contributed by atoms with van der Waals surface area (Å²) < 4.78 is 23.0. The lowest BCUT2D eigenvalue weighted by Crippen LogP contribution is -2.21. The van der Waals surface area contributed by atoms with E-state index in [-0.39, 0.29) is 5.75 Å². The number of hydrogen-bond donors (Lipinski definition) is 1. The summed E-state index contributed by atoms with van der Waals surface area (Å²) >= 11 is 0. The first-order valence-electron chi connectivity index (χ1n) is 8.68. The van der Waals surface area contributed by atoms with Crippen molar-refractivity contribution in [1.82, 2.24) is 5.43 Å². The molecule has 6 heteroatoms. The second-order valence-corrected chi connectivity index (χ2v) is 8.54. The minimum Gasteiger partial charge on any atom is -0.267 e. The summed E-state index contributed by atoms with van der Waals surface area (Å²) in [4.78, 5) is 12.6. The van der Waals surface area contributed by atoms with Crippen molar-refractivity contribution in [3.63, 3.8) is 0 Å². The molecular formula is C22H20N2O3S. The second-order valence-electron chi connectivity index (χ2n) is 6.40. The van der Waals surface area contributed by atoms with Crippen molar-refractivity contribution in [3.05, 3.63) is 107 Å². The Morgan fingerprint density at radius 3 is 1.89 bits per heavy atom. The molecule has 0 atom stereocenters. The molecule has 1 N–H and O–H groups in total. The summed E-state index contributed by atoms with van der Waals surface area (Å²) in [5.41, 5.74) is 5.89. The Morgan fingerprint density at radius 2 is 1.36 bits per heavy atom. The summed E-state index contributed by atoms with van der Waals surface area (Å²) in [5.74, 6) is -0.517. The Labute approximate surface area is 164 Å². The quantitative estimate of drug-likeness (QED) is 0.516. The molecule has 0 aliphatic rings. The number of carbonyl (C=O) groups is 1. The normalized spacial score (nSPS) is 10.9. The van der Waals surface area contributed by atoms with Gasteiger partial charge in [0.15, 0.2) is 9.84 Å². The van der Waals surface area contributed by atoms with E-state index in [4.69, 9.17) is 0 Å². The third-order valence-corrected chi connectivity index (χ3v) is 4.84. The lowest BCUT2D eigenvalue weighted by molar-refractivity contribution is 0.0955. The van der Waals surface area contributed by atoms with Crippen molar-refractivity contribution in [2.75, 3.05) is 6.26 Å². The average molecular weight is 392 g/mol. The van der Waals surface area contributed by atoms with E-state index in [0.717, 1.165) is 17.4 Å². The number of nitrogens with zero attached hydrogens (tertiary/aromatic N) is 1. The van der Waals surface area contributed by atoms with Crippen molar-refractivity contribution >= 4 is 21.5 Å². The van der Waals surface area contributed by atoms with Crippen LogP contribution in [-0.2, 0) is 15.6 Å². The molecule has 0 radical (unpaired) electrons. The van der Waals surface area contributed by atoms with Crippen LogP contribution in [0.4, 0.5) is 0 Å². The van der Waals surface area contributed by atoms with Gasteiger partial charge in [0.25, 0.3) is 5.91 Å². The molecule has 0 aliphatic heterocycles. The van der Waals surface area contributed by atoms with E-state index in [2.05, 4.69) is 10.5 Å². The van der Waals surface area contributed by atoms with Gasteiger partial charge < -0.3 is 0 Å².